The average molecular weight is 297 g/mol. The molecule has 0 fully saturated rings. The highest BCUT2D eigenvalue weighted by molar-refractivity contribution is 6.41. The van der Waals surface area contributed by atoms with E-state index >= 15 is 0 Å². The van der Waals surface area contributed by atoms with Crippen LogP contribution in [0.4, 0.5) is 5.69 Å². The summed E-state index contributed by atoms with van der Waals surface area (Å²) in [4.78, 5) is 0. The number of nitrogens with one attached hydrogen (secondary N) is 1. The quantitative estimate of drug-likeness (QED) is 0.724. The maximum absolute atomic E-state index is 6.03. The van der Waals surface area contributed by atoms with E-state index in [9.17, 15) is 0 Å². The van der Waals surface area contributed by atoms with Crippen LogP contribution in [-0.2, 0) is 4.74 Å². The van der Waals surface area contributed by atoms with Crippen LogP contribution in [0.5, 0.6) is 0 Å². The van der Waals surface area contributed by atoms with Gasteiger partial charge < -0.3 is 10.1 Å². The molecule has 0 atom stereocenters. The first kappa shape index (κ1) is 14.9. The van der Waals surface area contributed by atoms with E-state index < -0.39 is 0 Å². The second-order valence-electron chi connectivity index (χ2n) is 3.64. The van der Waals surface area contributed by atoms with Crippen molar-refractivity contribution in [3.8, 4) is 0 Å². The zero-order valence-corrected chi connectivity index (χ0v) is 12.0. The molecular weight excluding hydrogens is 280 g/mol. The van der Waals surface area contributed by atoms with Crippen LogP contribution in [0.25, 0.3) is 0 Å². The van der Waals surface area contributed by atoms with Crippen LogP contribution >= 0.6 is 34.8 Å². The molecule has 96 valence electrons. The van der Waals surface area contributed by atoms with Crippen molar-refractivity contribution < 1.29 is 4.74 Å². The molecule has 1 aromatic rings. The van der Waals surface area contributed by atoms with Gasteiger partial charge >= 0.3 is 0 Å². The molecule has 0 bridgehead atoms. The van der Waals surface area contributed by atoms with Crippen molar-refractivity contribution in [3.05, 3.63) is 27.2 Å². The van der Waals surface area contributed by atoms with Gasteiger partial charge in [0.25, 0.3) is 0 Å². The van der Waals surface area contributed by atoms with E-state index in [0.717, 1.165) is 19.4 Å². The molecule has 0 saturated carbocycles. The lowest BCUT2D eigenvalue weighted by Gasteiger charge is -2.11. The van der Waals surface area contributed by atoms with Crippen molar-refractivity contribution in [2.24, 2.45) is 0 Å². The Labute approximate surface area is 117 Å². The van der Waals surface area contributed by atoms with Gasteiger partial charge in [-0.3, -0.25) is 0 Å². The van der Waals surface area contributed by atoms with Gasteiger partial charge in [-0.2, -0.15) is 0 Å². The first-order valence-corrected chi connectivity index (χ1v) is 6.74. The molecule has 0 heterocycles. The Bertz CT molecular complexity index is 335. The highest BCUT2D eigenvalue weighted by Gasteiger charge is 2.06. The summed E-state index contributed by atoms with van der Waals surface area (Å²) >= 11 is 17.9. The number of halogens is 3. The van der Waals surface area contributed by atoms with Gasteiger partial charge in [-0.1, -0.05) is 48.1 Å². The highest BCUT2D eigenvalue weighted by atomic mass is 35.5. The predicted molar refractivity (Wildman–Crippen MR) is 75.7 cm³/mol. The molecule has 2 nitrogen and oxygen atoms in total. The number of ether oxygens (including phenoxy) is 1. The fraction of sp³-hybridized carbons (Fsp3) is 0.500. The number of hydrogen-bond donors (Lipinski definition) is 1. The van der Waals surface area contributed by atoms with Crippen LogP contribution in [0.1, 0.15) is 19.8 Å². The van der Waals surface area contributed by atoms with Crippen LogP contribution in [-0.4, -0.2) is 19.8 Å². The summed E-state index contributed by atoms with van der Waals surface area (Å²) < 4.78 is 5.42. The van der Waals surface area contributed by atoms with E-state index in [1.54, 1.807) is 12.1 Å². The Balaban J connectivity index is 2.36. The van der Waals surface area contributed by atoms with Crippen LogP contribution in [0.3, 0.4) is 0 Å². The normalized spacial score (nSPS) is 10.6. The van der Waals surface area contributed by atoms with Crippen molar-refractivity contribution >= 4 is 40.5 Å². The molecule has 17 heavy (non-hydrogen) atoms. The maximum atomic E-state index is 6.03. The van der Waals surface area contributed by atoms with Crippen LogP contribution in [0, 0.1) is 0 Å². The van der Waals surface area contributed by atoms with E-state index in [1.807, 2.05) is 0 Å². The van der Waals surface area contributed by atoms with Gasteiger partial charge in [0, 0.05) is 18.2 Å². The topological polar surface area (TPSA) is 21.3 Å². The predicted octanol–water partition coefficient (Wildman–Crippen LogP) is 4.88. The van der Waals surface area contributed by atoms with Crippen LogP contribution < -0.4 is 5.32 Å². The molecule has 0 unspecified atom stereocenters. The summed E-state index contributed by atoms with van der Waals surface area (Å²) in [5.74, 6) is 0. The molecule has 0 aliphatic heterocycles. The minimum Gasteiger partial charge on any atom is -0.380 e. The molecule has 0 aliphatic rings. The van der Waals surface area contributed by atoms with Gasteiger partial charge in [0.2, 0.25) is 0 Å². The highest BCUT2D eigenvalue weighted by Crippen LogP contribution is 2.33. The number of anilines is 1. The zero-order chi connectivity index (χ0) is 12.7. The minimum absolute atomic E-state index is 0.524. The molecule has 0 spiro atoms. The third-order valence-corrected chi connectivity index (χ3v) is 3.01. The van der Waals surface area contributed by atoms with Crippen molar-refractivity contribution in [3.63, 3.8) is 0 Å². The molecule has 0 amide bonds. The SMILES string of the molecule is CCCCOCCNc1c(Cl)cc(Cl)cc1Cl. The van der Waals surface area contributed by atoms with Crippen molar-refractivity contribution in [2.75, 3.05) is 25.1 Å². The molecule has 5 heteroatoms. The molecule has 1 aromatic carbocycles. The first-order chi connectivity index (χ1) is 8.15. The lowest BCUT2D eigenvalue weighted by Crippen LogP contribution is -2.10. The third-order valence-electron chi connectivity index (χ3n) is 2.20. The molecular formula is C12H16Cl3NO. The fourth-order valence-electron chi connectivity index (χ4n) is 1.31. The lowest BCUT2D eigenvalue weighted by atomic mass is 10.3. The fourth-order valence-corrected chi connectivity index (χ4v) is 2.26. The van der Waals surface area contributed by atoms with Crippen LogP contribution in [0.15, 0.2) is 12.1 Å². The van der Waals surface area contributed by atoms with Crippen molar-refractivity contribution in [1.82, 2.24) is 0 Å². The van der Waals surface area contributed by atoms with Gasteiger partial charge in [0.15, 0.2) is 0 Å². The van der Waals surface area contributed by atoms with Gasteiger partial charge in [-0.25, -0.2) is 0 Å². The molecule has 1 rings (SSSR count). The van der Waals surface area contributed by atoms with Crippen molar-refractivity contribution in [1.29, 1.82) is 0 Å². The smallest absolute Gasteiger partial charge is 0.0720 e. The first-order valence-electron chi connectivity index (χ1n) is 5.61. The van der Waals surface area contributed by atoms with E-state index in [0.29, 0.717) is 33.9 Å². The molecule has 0 saturated heterocycles. The number of hydrogen-bond acceptors (Lipinski definition) is 2. The lowest BCUT2D eigenvalue weighted by molar-refractivity contribution is 0.141. The molecule has 0 radical (unpaired) electrons. The van der Waals surface area contributed by atoms with Crippen LogP contribution in [0.2, 0.25) is 15.1 Å². The zero-order valence-electron chi connectivity index (χ0n) is 9.73. The Morgan fingerprint density at radius 1 is 1.12 bits per heavy atom. The average Bonchev–Trinajstić information content (AvgIpc) is 2.26. The van der Waals surface area contributed by atoms with Gasteiger partial charge in [0.05, 0.1) is 22.3 Å². The summed E-state index contributed by atoms with van der Waals surface area (Å²) in [6.45, 7) is 4.23. The Kier molecular flexibility index (Phi) is 7.05. The Morgan fingerprint density at radius 2 is 1.76 bits per heavy atom. The summed E-state index contributed by atoms with van der Waals surface area (Å²) in [5.41, 5.74) is 0.705. The second kappa shape index (κ2) is 8.04. The Morgan fingerprint density at radius 3 is 2.35 bits per heavy atom. The Hall–Kier alpha value is -0.150. The monoisotopic (exact) mass is 295 g/mol. The minimum atomic E-state index is 0.524. The third kappa shape index (κ3) is 5.35. The summed E-state index contributed by atoms with van der Waals surface area (Å²) in [5, 5.41) is 4.72. The standard InChI is InChI=1S/C12H16Cl3NO/c1-2-3-5-17-6-4-16-12-10(14)7-9(13)8-11(12)15/h7-8,16H,2-6H2,1H3. The van der Waals surface area contributed by atoms with Crippen molar-refractivity contribution in [2.45, 2.75) is 19.8 Å². The van der Waals surface area contributed by atoms with E-state index in [4.69, 9.17) is 39.5 Å². The number of rotatable bonds is 7. The summed E-state index contributed by atoms with van der Waals surface area (Å²) in [6.07, 6.45) is 2.23. The largest absolute Gasteiger partial charge is 0.380 e. The number of unbranched alkanes of at least 4 members (excludes halogenated alkanes) is 1. The second-order valence-corrected chi connectivity index (χ2v) is 4.89. The van der Waals surface area contributed by atoms with Gasteiger partial charge in [-0.15, -0.1) is 0 Å². The van der Waals surface area contributed by atoms with E-state index in [2.05, 4.69) is 12.2 Å². The van der Waals surface area contributed by atoms with Gasteiger partial charge in [-0.05, 0) is 18.6 Å². The molecule has 0 aliphatic carbocycles. The summed E-state index contributed by atoms with van der Waals surface area (Å²) in [7, 11) is 0. The maximum Gasteiger partial charge on any atom is 0.0720 e. The van der Waals surface area contributed by atoms with E-state index in [-0.39, 0.29) is 0 Å². The van der Waals surface area contributed by atoms with E-state index in [1.165, 1.54) is 0 Å². The number of benzene rings is 1. The molecule has 0 aromatic heterocycles. The summed E-state index contributed by atoms with van der Waals surface area (Å²) in [6, 6.07) is 3.32. The molecule has 1 N–H and O–H groups in total. The van der Waals surface area contributed by atoms with Gasteiger partial charge in [0.1, 0.15) is 0 Å².